The molecule has 2 rings (SSSR count). The highest BCUT2D eigenvalue weighted by Gasteiger charge is 2.16. The molecule has 1 aromatic carbocycles. The first-order valence-corrected chi connectivity index (χ1v) is 6.83. The van der Waals surface area contributed by atoms with E-state index < -0.39 is 10.8 Å². The lowest BCUT2D eigenvalue weighted by Crippen LogP contribution is -2.23. The summed E-state index contributed by atoms with van der Waals surface area (Å²) in [4.78, 5) is 26.4. The molecule has 1 heterocycles. The summed E-state index contributed by atoms with van der Waals surface area (Å²) in [6.07, 6.45) is 0. The maximum Gasteiger partial charge on any atom is 0.284 e. The van der Waals surface area contributed by atoms with Crippen LogP contribution in [0.15, 0.2) is 27.1 Å². The number of nitro groups is 1. The molecule has 1 N–H and O–H groups in total. The fourth-order valence-corrected chi connectivity index (χ4v) is 2.06. The van der Waals surface area contributed by atoms with E-state index in [9.17, 15) is 14.9 Å². The maximum absolute atomic E-state index is 12.0. The third-order valence-corrected chi connectivity index (χ3v) is 3.55. The lowest BCUT2D eigenvalue weighted by molar-refractivity contribution is -0.385. The standard InChI is InChI=1S/C13H12BrN3O4/c1-7-8(2)21-12(16-7)6-15-13(18)9-3-4-10(14)11(5-9)17(19)20/h3-5H,6H2,1-2H3,(H,15,18). The van der Waals surface area contributed by atoms with Crippen LogP contribution in [0, 0.1) is 24.0 Å². The van der Waals surface area contributed by atoms with Gasteiger partial charge in [0.2, 0.25) is 5.89 Å². The average Bonchev–Trinajstić information content (AvgIpc) is 2.75. The highest BCUT2D eigenvalue weighted by molar-refractivity contribution is 9.10. The van der Waals surface area contributed by atoms with E-state index in [0.29, 0.717) is 16.1 Å². The molecule has 21 heavy (non-hydrogen) atoms. The molecule has 2 aromatic rings. The summed E-state index contributed by atoms with van der Waals surface area (Å²) < 4.78 is 5.66. The van der Waals surface area contributed by atoms with Gasteiger partial charge in [-0.3, -0.25) is 14.9 Å². The Bertz CT molecular complexity index is 692. The second-order valence-corrected chi connectivity index (χ2v) is 5.21. The van der Waals surface area contributed by atoms with E-state index in [0.717, 1.165) is 5.69 Å². The van der Waals surface area contributed by atoms with E-state index in [4.69, 9.17) is 4.42 Å². The van der Waals surface area contributed by atoms with Crippen LogP contribution >= 0.6 is 15.9 Å². The monoisotopic (exact) mass is 353 g/mol. The van der Waals surface area contributed by atoms with Gasteiger partial charge in [-0.1, -0.05) is 0 Å². The van der Waals surface area contributed by atoms with E-state index in [1.54, 1.807) is 6.92 Å². The van der Waals surface area contributed by atoms with Crippen molar-refractivity contribution in [1.82, 2.24) is 10.3 Å². The first kappa shape index (κ1) is 15.2. The van der Waals surface area contributed by atoms with Crippen molar-refractivity contribution >= 4 is 27.5 Å². The highest BCUT2D eigenvalue weighted by atomic mass is 79.9. The number of carbonyl (C=O) groups is 1. The quantitative estimate of drug-likeness (QED) is 0.672. The normalized spacial score (nSPS) is 10.4. The number of hydrogen-bond donors (Lipinski definition) is 1. The van der Waals surface area contributed by atoms with Crippen molar-refractivity contribution in [2.45, 2.75) is 20.4 Å². The largest absolute Gasteiger partial charge is 0.444 e. The molecule has 110 valence electrons. The molecule has 0 fully saturated rings. The van der Waals surface area contributed by atoms with Crippen molar-refractivity contribution < 1.29 is 14.1 Å². The van der Waals surface area contributed by atoms with Crippen LogP contribution in [0.5, 0.6) is 0 Å². The Morgan fingerprint density at radius 3 is 2.76 bits per heavy atom. The molecule has 0 bridgehead atoms. The van der Waals surface area contributed by atoms with Crippen LogP contribution in [-0.2, 0) is 6.54 Å². The molecule has 0 atom stereocenters. The van der Waals surface area contributed by atoms with Crippen LogP contribution in [0.4, 0.5) is 5.69 Å². The van der Waals surface area contributed by atoms with Crippen molar-refractivity contribution in [3.8, 4) is 0 Å². The molecule has 0 saturated carbocycles. The van der Waals surface area contributed by atoms with Crippen LogP contribution in [0.2, 0.25) is 0 Å². The van der Waals surface area contributed by atoms with E-state index in [1.165, 1.54) is 18.2 Å². The minimum Gasteiger partial charge on any atom is -0.444 e. The summed E-state index contributed by atoms with van der Waals surface area (Å²) in [6, 6.07) is 4.18. The Balaban J connectivity index is 2.10. The summed E-state index contributed by atoms with van der Waals surface area (Å²) in [5.41, 5.74) is 0.800. The molecule has 0 aliphatic heterocycles. The van der Waals surface area contributed by atoms with E-state index in [-0.39, 0.29) is 17.8 Å². The highest BCUT2D eigenvalue weighted by Crippen LogP contribution is 2.25. The number of amides is 1. The van der Waals surface area contributed by atoms with E-state index in [2.05, 4.69) is 26.2 Å². The predicted octanol–water partition coefficient (Wildman–Crippen LogP) is 2.89. The van der Waals surface area contributed by atoms with Gasteiger partial charge in [-0.25, -0.2) is 4.98 Å². The number of halogens is 1. The number of oxazole rings is 1. The molecular formula is C13H12BrN3O4. The van der Waals surface area contributed by atoms with Gasteiger partial charge in [0, 0.05) is 11.6 Å². The minimum absolute atomic E-state index is 0.122. The molecule has 0 spiro atoms. The second-order valence-electron chi connectivity index (χ2n) is 4.36. The zero-order valence-corrected chi connectivity index (χ0v) is 12.9. The molecule has 1 aromatic heterocycles. The fourth-order valence-electron chi connectivity index (χ4n) is 1.67. The van der Waals surface area contributed by atoms with E-state index >= 15 is 0 Å². The van der Waals surface area contributed by atoms with Crippen LogP contribution in [0.1, 0.15) is 27.7 Å². The van der Waals surface area contributed by atoms with Gasteiger partial charge in [0.15, 0.2) is 0 Å². The van der Waals surface area contributed by atoms with Gasteiger partial charge in [-0.15, -0.1) is 0 Å². The average molecular weight is 354 g/mol. The van der Waals surface area contributed by atoms with Crippen molar-refractivity contribution in [2.75, 3.05) is 0 Å². The Kier molecular flexibility index (Phi) is 4.37. The first-order valence-electron chi connectivity index (χ1n) is 6.03. The number of rotatable bonds is 4. The zero-order chi connectivity index (χ0) is 15.6. The van der Waals surface area contributed by atoms with Crippen molar-refractivity contribution in [3.05, 3.63) is 55.7 Å². The number of benzene rings is 1. The Morgan fingerprint density at radius 1 is 1.48 bits per heavy atom. The number of hydrogen-bond acceptors (Lipinski definition) is 5. The second kappa shape index (κ2) is 6.04. The number of aromatic nitrogens is 1. The number of nitrogens with one attached hydrogen (secondary N) is 1. The Morgan fingerprint density at radius 2 is 2.19 bits per heavy atom. The number of nitro benzene ring substituents is 1. The topological polar surface area (TPSA) is 98.3 Å². The van der Waals surface area contributed by atoms with Crippen LogP contribution in [-0.4, -0.2) is 15.8 Å². The maximum atomic E-state index is 12.0. The molecular weight excluding hydrogens is 342 g/mol. The van der Waals surface area contributed by atoms with Crippen LogP contribution < -0.4 is 5.32 Å². The van der Waals surface area contributed by atoms with Gasteiger partial charge in [-0.05, 0) is 41.9 Å². The van der Waals surface area contributed by atoms with Crippen molar-refractivity contribution in [1.29, 1.82) is 0 Å². The molecule has 0 unspecified atom stereocenters. The van der Waals surface area contributed by atoms with Crippen LogP contribution in [0.3, 0.4) is 0 Å². The lowest BCUT2D eigenvalue weighted by Gasteiger charge is -2.03. The molecule has 0 aliphatic rings. The smallest absolute Gasteiger partial charge is 0.284 e. The molecule has 0 radical (unpaired) electrons. The minimum atomic E-state index is -0.554. The van der Waals surface area contributed by atoms with Gasteiger partial charge in [-0.2, -0.15) is 0 Å². The summed E-state index contributed by atoms with van der Waals surface area (Å²) in [6.45, 7) is 3.71. The number of carbonyl (C=O) groups excluding carboxylic acids is 1. The molecule has 8 heteroatoms. The zero-order valence-electron chi connectivity index (χ0n) is 11.3. The summed E-state index contributed by atoms with van der Waals surface area (Å²) in [7, 11) is 0. The van der Waals surface area contributed by atoms with Crippen molar-refractivity contribution in [2.24, 2.45) is 0 Å². The number of nitrogens with zero attached hydrogens (tertiary/aromatic N) is 2. The van der Waals surface area contributed by atoms with Crippen molar-refractivity contribution in [3.63, 3.8) is 0 Å². The molecule has 0 saturated heterocycles. The molecule has 0 aliphatic carbocycles. The predicted molar refractivity (Wildman–Crippen MR) is 77.9 cm³/mol. The van der Waals surface area contributed by atoms with Gasteiger partial charge >= 0.3 is 0 Å². The Labute approximate surface area is 128 Å². The summed E-state index contributed by atoms with van der Waals surface area (Å²) in [5, 5.41) is 13.4. The van der Waals surface area contributed by atoms with E-state index in [1.807, 2.05) is 6.92 Å². The summed E-state index contributed by atoms with van der Waals surface area (Å²) in [5.74, 6) is 0.655. The van der Waals surface area contributed by atoms with Gasteiger partial charge in [0.05, 0.1) is 21.6 Å². The van der Waals surface area contributed by atoms with Crippen LogP contribution in [0.25, 0.3) is 0 Å². The summed E-state index contributed by atoms with van der Waals surface area (Å²) >= 11 is 3.07. The SMILES string of the molecule is Cc1nc(CNC(=O)c2ccc(Br)c([N+](=O)[O-])c2)oc1C. The number of aryl methyl sites for hydroxylation is 2. The third-order valence-electron chi connectivity index (χ3n) is 2.88. The van der Waals surface area contributed by atoms with Gasteiger partial charge < -0.3 is 9.73 Å². The molecule has 7 nitrogen and oxygen atoms in total. The first-order chi connectivity index (χ1) is 9.88. The van der Waals surface area contributed by atoms with Gasteiger partial charge in [0.25, 0.3) is 11.6 Å². The third kappa shape index (κ3) is 3.46. The Hall–Kier alpha value is -2.22. The lowest BCUT2D eigenvalue weighted by atomic mass is 10.2. The fraction of sp³-hybridized carbons (Fsp3) is 0.231. The van der Waals surface area contributed by atoms with Gasteiger partial charge in [0.1, 0.15) is 5.76 Å². The molecule has 1 amide bonds.